The van der Waals surface area contributed by atoms with Crippen molar-refractivity contribution >= 4 is 29.6 Å². The second-order valence-electron chi connectivity index (χ2n) is 6.77. The first-order valence-corrected chi connectivity index (χ1v) is 11.2. The summed E-state index contributed by atoms with van der Waals surface area (Å²) in [5.74, 6) is 2.01. The maximum Gasteiger partial charge on any atom is 0.212 e. The van der Waals surface area contributed by atoms with Gasteiger partial charge in [-0.1, -0.05) is 71.9 Å². The minimum absolute atomic E-state index is 0.427. The lowest BCUT2D eigenvalue weighted by Gasteiger charge is -2.13. The van der Waals surface area contributed by atoms with Crippen molar-refractivity contribution in [2.45, 2.75) is 17.5 Å². The number of benzene rings is 3. The van der Waals surface area contributed by atoms with Crippen LogP contribution in [0, 0.1) is 0 Å². The predicted molar refractivity (Wildman–Crippen MR) is 128 cm³/mol. The summed E-state index contributed by atoms with van der Waals surface area (Å²) in [7, 11) is 1.62. The van der Waals surface area contributed by atoms with Crippen LogP contribution in [-0.2, 0) is 12.4 Å². The summed E-state index contributed by atoms with van der Waals surface area (Å²) in [6, 6.07) is 23.4. The number of ether oxygens (including phenoxy) is 2. The van der Waals surface area contributed by atoms with E-state index in [1.165, 1.54) is 0 Å². The highest BCUT2D eigenvalue weighted by Gasteiger charge is 2.11. The number of hydrogen-bond acceptors (Lipinski definition) is 6. The predicted octanol–water partition coefficient (Wildman–Crippen LogP) is 5.69. The van der Waals surface area contributed by atoms with Crippen molar-refractivity contribution in [2.75, 3.05) is 7.11 Å². The lowest BCUT2D eigenvalue weighted by molar-refractivity contribution is 0.284. The van der Waals surface area contributed by atoms with Crippen molar-refractivity contribution in [2.24, 2.45) is 5.10 Å². The Labute approximate surface area is 195 Å². The fourth-order valence-electron chi connectivity index (χ4n) is 2.93. The minimum atomic E-state index is 0.427. The van der Waals surface area contributed by atoms with Gasteiger partial charge in [0.2, 0.25) is 5.16 Å². The Morgan fingerprint density at radius 3 is 2.59 bits per heavy atom. The molecule has 32 heavy (non-hydrogen) atoms. The van der Waals surface area contributed by atoms with E-state index in [9.17, 15) is 0 Å². The number of nitrogens with zero attached hydrogens (tertiary/aromatic N) is 4. The summed E-state index contributed by atoms with van der Waals surface area (Å²) in [5.41, 5.74) is 3.01. The van der Waals surface area contributed by atoms with Crippen LogP contribution in [0.15, 0.2) is 89.4 Å². The second-order valence-corrected chi connectivity index (χ2v) is 8.15. The molecule has 0 spiro atoms. The molecule has 0 bridgehead atoms. The molecule has 0 aliphatic heterocycles. The zero-order valence-electron chi connectivity index (χ0n) is 17.4. The molecule has 8 heteroatoms. The van der Waals surface area contributed by atoms with Gasteiger partial charge in [-0.2, -0.15) is 9.78 Å². The van der Waals surface area contributed by atoms with Crippen molar-refractivity contribution in [1.82, 2.24) is 14.9 Å². The van der Waals surface area contributed by atoms with Gasteiger partial charge in [-0.15, -0.1) is 10.2 Å². The zero-order chi connectivity index (χ0) is 22.2. The van der Waals surface area contributed by atoms with Crippen LogP contribution in [0.4, 0.5) is 0 Å². The van der Waals surface area contributed by atoms with Crippen LogP contribution in [0.1, 0.15) is 16.7 Å². The molecule has 0 saturated heterocycles. The van der Waals surface area contributed by atoms with Gasteiger partial charge in [0.15, 0.2) is 11.5 Å². The average Bonchev–Trinajstić information content (AvgIpc) is 3.29. The first-order valence-electron chi connectivity index (χ1n) is 9.88. The standard InChI is InChI=1S/C24H21ClN4O2S/c1-30-22-9-5-8-20(23(22)31-15-18-6-3-2-4-7-18)14-27-29-17-26-28-24(29)32-16-19-10-12-21(25)13-11-19/h2-14,17H,15-16H2,1H3/b27-14+. The third-order valence-electron chi connectivity index (χ3n) is 4.56. The molecule has 0 aliphatic rings. The SMILES string of the molecule is COc1cccc(/C=N/n2cnnc2SCc2ccc(Cl)cc2)c1OCc1ccccc1. The minimum Gasteiger partial charge on any atom is -0.493 e. The van der Waals surface area contributed by atoms with Gasteiger partial charge in [0.05, 0.1) is 13.3 Å². The molecule has 0 N–H and O–H groups in total. The largest absolute Gasteiger partial charge is 0.493 e. The van der Waals surface area contributed by atoms with Gasteiger partial charge >= 0.3 is 0 Å². The molecular formula is C24H21ClN4O2S. The Morgan fingerprint density at radius 1 is 1.00 bits per heavy atom. The van der Waals surface area contributed by atoms with E-state index in [-0.39, 0.29) is 0 Å². The molecule has 0 atom stereocenters. The summed E-state index contributed by atoms with van der Waals surface area (Å²) in [6.45, 7) is 0.427. The number of rotatable bonds is 9. The van der Waals surface area contributed by atoms with Gasteiger partial charge in [-0.25, -0.2) is 0 Å². The normalized spacial score (nSPS) is 11.1. The van der Waals surface area contributed by atoms with Gasteiger partial charge in [0.25, 0.3) is 0 Å². The Morgan fingerprint density at radius 2 is 1.81 bits per heavy atom. The van der Waals surface area contributed by atoms with Crippen molar-refractivity contribution in [3.63, 3.8) is 0 Å². The summed E-state index contributed by atoms with van der Waals surface area (Å²) < 4.78 is 13.2. The van der Waals surface area contributed by atoms with E-state index >= 15 is 0 Å². The maximum atomic E-state index is 6.09. The summed E-state index contributed by atoms with van der Waals surface area (Å²) in [6.07, 6.45) is 3.30. The van der Waals surface area contributed by atoms with E-state index in [2.05, 4.69) is 15.3 Å². The van der Waals surface area contributed by atoms with Crippen LogP contribution in [0.3, 0.4) is 0 Å². The highest BCUT2D eigenvalue weighted by atomic mass is 35.5. The fourth-order valence-corrected chi connectivity index (χ4v) is 3.87. The summed E-state index contributed by atoms with van der Waals surface area (Å²) in [5, 5.41) is 14.1. The average molecular weight is 465 g/mol. The summed E-state index contributed by atoms with van der Waals surface area (Å²) >= 11 is 7.50. The van der Waals surface area contributed by atoms with Crippen molar-refractivity contribution in [1.29, 1.82) is 0 Å². The van der Waals surface area contributed by atoms with Crippen molar-refractivity contribution in [3.05, 3.63) is 101 Å². The molecule has 0 unspecified atom stereocenters. The monoisotopic (exact) mass is 464 g/mol. The van der Waals surface area contributed by atoms with Crippen LogP contribution >= 0.6 is 23.4 Å². The smallest absolute Gasteiger partial charge is 0.212 e. The van der Waals surface area contributed by atoms with E-state index in [1.807, 2.05) is 72.8 Å². The van der Waals surface area contributed by atoms with Crippen molar-refractivity contribution in [3.8, 4) is 11.5 Å². The van der Waals surface area contributed by atoms with Gasteiger partial charge in [0, 0.05) is 16.3 Å². The van der Waals surface area contributed by atoms with Crippen LogP contribution < -0.4 is 9.47 Å². The molecule has 0 fully saturated rings. The number of methoxy groups -OCH3 is 1. The third kappa shape index (κ3) is 5.69. The van der Waals surface area contributed by atoms with E-state index in [1.54, 1.807) is 36.1 Å². The van der Waals surface area contributed by atoms with Gasteiger partial charge in [-0.3, -0.25) is 0 Å². The van der Waals surface area contributed by atoms with Crippen LogP contribution in [-0.4, -0.2) is 28.2 Å². The molecule has 4 aromatic rings. The quantitative estimate of drug-likeness (QED) is 0.235. The van der Waals surface area contributed by atoms with Crippen LogP contribution in [0.5, 0.6) is 11.5 Å². The second kappa shape index (κ2) is 10.8. The topological polar surface area (TPSA) is 61.5 Å². The molecule has 3 aromatic carbocycles. The van der Waals surface area contributed by atoms with E-state index in [0.717, 1.165) is 27.5 Å². The van der Waals surface area contributed by atoms with E-state index < -0.39 is 0 Å². The molecule has 1 heterocycles. The van der Waals surface area contributed by atoms with Gasteiger partial charge in [-0.05, 0) is 35.4 Å². The molecule has 162 valence electrons. The zero-order valence-corrected chi connectivity index (χ0v) is 19.0. The van der Waals surface area contributed by atoms with Gasteiger partial charge in [0.1, 0.15) is 12.9 Å². The molecular weight excluding hydrogens is 444 g/mol. The first-order chi connectivity index (χ1) is 15.7. The molecule has 1 aromatic heterocycles. The third-order valence-corrected chi connectivity index (χ3v) is 5.81. The molecule has 0 radical (unpaired) electrons. The Bertz CT molecular complexity index is 1180. The lowest BCUT2D eigenvalue weighted by atomic mass is 10.2. The maximum absolute atomic E-state index is 6.09. The lowest BCUT2D eigenvalue weighted by Crippen LogP contribution is -2.01. The number of para-hydroxylation sites is 1. The van der Waals surface area contributed by atoms with Crippen LogP contribution in [0.2, 0.25) is 5.02 Å². The highest BCUT2D eigenvalue weighted by molar-refractivity contribution is 7.98. The Kier molecular flexibility index (Phi) is 7.42. The Hall–Kier alpha value is -3.29. The number of aromatic nitrogens is 3. The van der Waals surface area contributed by atoms with Crippen LogP contribution in [0.25, 0.3) is 0 Å². The molecule has 0 amide bonds. The first kappa shape index (κ1) is 21.9. The van der Waals surface area contributed by atoms with Gasteiger partial charge < -0.3 is 9.47 Å². The van der Waals surface area contributed by atoms with E-state index in [0.29, 0.717) is 23.3 Å². The fraction of sp³-hybridized carbons (Fsp3) is 0.125. The molecule has 4 rings (SSSR count). The Balaban J connectivity index is 1.49. The molecule has 6 nitrogen and oxygen atoms in total. The molecule has 0 aliphatic carbocycles. The summed E-state index contributed by atoms with van der Waals surface area (Å²) in [4.78, 5) is 0. The molecule has 0 saturated carbocycles. The number of hydrogen-bond donors (Lipinski definition) is 0. The van der Waals surface area contributed by atoms with E-state index in [4.69, 9.17) is 21.1 Å². The number of thioether (sulfide) groups is 1. The highest BCUT2D eigenvalue weighted by Crippen LogP contribution is 2.31. The van der Waals surface area contributed by atoms with Crippen molar-refractivity contribution < 1.29 is 9.47 Å². The number of halogens is 1.